The molecule has 41 heavy (non-hydrogen) atoms. The number of carbonyl (C=O) groups excluding carboxylic acids is 1. The molecule has 1 aliphatic rings. The number of ether oxygens (including phenoxy) is 1. The first-order chi connectivity index (χ1) is 20.0. The largest absolute Gasteiger partial charge is 0.495 e. The minimum absolute atomic E-state index is 0.129. The van der Waals surface area contributed by atoms with E-state index < -0.39 is 0 Å². The van der Waals surface area contributed by atoms with Crippen LogP contribution in [-0.2, 0) is 19.5 Å². The van der Waals surface area contributed by atoms with Crippen LogP contribution in [0.15, 0.2) is 72.9 Å². The van der Waals surface area contributed by atoms with Gasteiger partial charge in [0.2, 0.25) is 0 Å². The van der Waals surface area contributed by atoms with E-state index in [1.165, 1.54) is 12.0 Å². The van der Waals surface area contributed by atoms with Crippen LogP contribution in [0, 0.1) is 0 Å². The van der Waals surface area contributed by atoms with Gasteiger partial charge in [-0.05, 0) is 68.2 Å². The Kier molecular flexibility index (Phi) is 10.2. The highest BCUT2D eigenvalue weighted by atomic mass is 35.5. The van der Waals surface area contributed by atoms with Gasteiger partial charge in [0, 0.05) is 44.3 Å². The van der Waals surface area contributed by atoms with Gasteiger partial charge in [0.25, 0.3) is 5.91 Å². The number of hydrogen-bond donors (Lipinski definition) is 1. The predicted octanol–water partition coefficient (Wildman–Crippen LogP) is 6.53. The molecule has 0 aliphatic carbocycles. The molecule has 0 radical (unpaired) electrons. The van der Waals surface area contributed by atoms with Crippen molar-refractivity contribution in [2.75, 3.05) is 46.4 Å². The van der Waals surface area contributed by atoms with Crippen molar-refractivity contribution >= 4 is 40.0 Å². The fourth-order valence-electron chi connectivity index (χ4n) is 5.64. The molecule has 1 aliphatic heterocycles. The Morgan fingerprint density at radius 3 is 2.39 bits per heavy atom. The molecule has 4 aromatic rings. The standard InChI is InChI=1S/C33H38Cl2N4O2/c1-41-31-11-5-10-27-28(33(40)36-23-26-12-13-29(34)30(35)22-26)24-39(32(27)31)18-7-17-37-15-6-16-38(21-20-37)19-14-25-8-3-2-4-9-25/h2-5,8-13,22,24H,6-7,14-21,23H2,1H3,(H,36,40). The molecule has 8 heteroatoms. The van der Waals surface area contributed by atoms with Crippen LogP contribution in [0.1, 0.15) is 34.3 Å². The van der Waals surface area contributed by atoms with Gasteiger partial charge in [-0.3, -0.25) is 4.79 Å². The van der Waals surface area contributed by atoms with Crippen LogP contribution in [0.2, 0.25) is 10.0 Å². The highest BCUT2D eigenvalue weighted by Crippen LogP contribution is 2.30. The quantitative estimate of drug-likeness (QED) is 0.215. The number of aromatic nitrogens is 1. The van der Waals surface area contributed by atoms with Gasteiger partial charge >= 0.3 is 0 Å². The molecule has 2 heterocycles. The second kappa shape index (κ2) is 14.2. The van der Waals surface area contributed by atoms with E-state index in [9.17, 15) is 4.79 Å². The van der Waals surface area contributed by atoms with E-state index in [0.717, 1.165) is 80.9 Å². The Morgan fingerprint density at radius 2 is 1.63 bits per heavy atom. The number of amides is 1. The lowest BCUT2D eigenvalue weighted by Gasteiger charge is -2.22. The van der Waals surface area contributed by atoms with Gasteiger partial charge in [0.15, 0.2) is 0 Å². The molecule has 1 amide bonds. The Hall–Kier alpha value is -3.03. The molecule has 1 fully saturated rings. The highest BCUT2D eigenvalue weighted by molar-refractivity contribution is 6.42. The lowest BCUT2D eigenvalue weighted by molar-refractivity contribution is 0.0952. The van der Waals surface area contributed by atoms with Crippen LogP contribution in [-0.4, -0.2) is 66.7 Å². The summed E-state index contributed by atoms with van der Waals surface area (Å²) in [7, 11) is 1.68. The Labute approximate surface area is 252 Å². The first-order valence-electron chi connectivity index (χ1n) is 14.4. The molecular weight excluding hydrogens is 555 g/mol. The fourth-order valence-corrected chi connectivity index (χ4v) is 5.96. The lowest BCUT2D eigenvalue weighted by Crippen LogP contribution is -2.32. The van der Waals surface area contributed by atoms with E-state index in [0.29, 0.717) is 22.2 Å². The van der Waals surface area contributed by atoms with Crippen molar-refractivity contribution in [3.05, 3.63) is 99.7 Å². The zero-order valence-corrected chi connectivity index (χ0v) is 25.1. The van der Waals surface area contributed by atoms with E-state index in [4.69, 9.17) is 27.9 Å². The number of fused-ring (bicyclic) bond motifs is 1. The average molecular weight is 594 g/mol. The molecule has 5 rings (SSSR count). The van der Waals surface area contributed by atoms with Gasteiger partial charge in [0.1, 0.15) is 5.75 Å². The van der Waals surface area contributed by atoms with Crippen LogP contribution in [0.5, 0.6) is 5.75 Å². The smallest absolute Gasteiger partial charge is 0.253 e. The monoisotopic (exact) mass is 592 g/mol. The maximum absolute atomic E-state index is 13.3. The van der Waals surface area contributed by atoms with E-state index in [1.54, 1.807) is 19.2 Å². The van der Waals surface area contributed by atoms with Gasteiger partial charge in [0.05, 0.1) is 28.2 Å². The van der Waals surface area contributed by atoms with Crippen LogP contribution in [0.4, 0.5) is 0 Å². The number of benzene rings is 3. The molecule has 0 spiro atoms. The summed E-state index contributed by atoms with van der Waals surface area (Å²) in [5.41, 5.74) is 3.90. The molecule has 0 bridgehead atoms. The Balaban J connectivity index is 1.19. The molecule has 6 nitrogen and oxygen atoms in total. The SMILES string of the molecule is COc1cccc2c(C(=O)NCc3ccc(Cl)c(Cl)c3)cn(CCCN3CCCN(CCc4ccccc4)CC3)c12. The van der Waals surface area contributed by atoms with Crippen molar-refractivity contribution in [3.8, 4) is 5.75 Å². The number of rotatable bonds is 11. The van der Waals surface area contributed by atoms with Crippen LogP contribution in [0.3, 0.4) is 0 Å². The molecule has 0 atom stereocenters. The van der Waals surface area contributed by atoms with Crippen molar-refractivity contribution in [1.29, 1.82) is 0 Å². The first-order valence-corrected chi connectivity index (χ1v) is 15.1. The number of hydrogen-bond acceptors (Lipinski definition) is 4. The summed E-state index contributed by atoms with van der Waals surface area (Å²) in [6, 6.07) is 22.0. The summed E-state index contributed by atoms with van der Waals surface area (Å²) in [5.74, 6) is 0.644. The Morgan fingerprint density at radius 1 is 0.854 bits per heavy atom. The lowest BCUT2D eigenvalue weighted by atomic mass is 10.1. The number of methoxy groups -OCH3 is 1. The maximum atomic E-state index is 13.3. The summed E-state index contributed by atoms with van der Waals surface area (Å²) in [4.78, 5) is 18.5. The van der Waals surface area contributed by atoms with Gasteiger partial charge in [-0.2, -0.15) is 0 Å². The average Bonchev–Trinajstić information content (AvgIpc) is 3.22. The normalized spacial score (nSPS) is 14.7. The van der Waals surface area contributed by atoms with Crippen molar-refractivity contribution < 1.29 is 9.53 Å². The van der Waals surface area contributed by atoms with Crippen molar-refractivity contribution in [1.82, 2.24) is 19.7 Å². The first kappa shape index (κ1) is 29.5. The molecule has 0 saturated carbocycles. The van der Waals surface area contributed by atoms with Gasteiger partial charge < -0.3 is 24.4 Å². The third-order valence-electron chi connectivity index (χ3n) is 7.88. The molecule has 1 aromatic heterocycles. The summed E-state index contributed by atoms with van der Waals surface area (Å²) in [6.07, 6.45) is 5.26. The van der Waals surface area contributed by atoms with Gasteiger partial charge in [-0.1, -0.05) is 71.7 Å². The predicted molar refractivity (Wildman–Crippen MR) is 168 cm³/mol. The summed E-state index contributed by atoms with van der Waals surface area (Å²) in [6.45, 7) is 7.80. The van der Waals surface area contributed by atoms with E-state index in [1.807, 2.05) is 30.5 Å². The summed E-state index contributed by atoms with van der Waals surface area (Å²) in [5, 5.41) is 4.90. The highest BCUT2D eigenvalue weighted by Gasteiger charge is 2.19. The number of nitrogens with one attached hydrogen (secondary N) is 1. The third-order valence-corrected chi connectivity index (χ3v) is 8.62. The molecule has 1 N–H and O–H groups in total. The maximum Gasteiger partial charge on any atom is 0.253 e. The Bertz CT molecular complexity index is 1460. The second-order valence-corrected chi connectivity index (χ2v) is 11.5. The molecule has 3 aromatic carbocycles. The van der Waals surface area contributed by atoms with Crippen LogP contribution >= 0.6 is 23.2 Å². The number of halogens is 2. The minimum atomic E-state index is -0.129. The van der Waals surface area contributed by atoms with Crippen molar-refractivity contribution in [3.63, 3.8) is 0 Å². The molecule has 216 valence electrons. The van der Waals surface area contributed by atoms with Gasteiger partial charge in [-0.15, -0.1) is 0 Å². The minimum Gasteiger partial charge on any atom is -0.495 e. The molecular formula is C33H38Cl2N4O2. The number of nitrogens with zero attached hydrogens (tertiary/aromatic N) is 3. The van der Waals surface area contributed by atoms with E-state index >= 15 is 0 Å². The zero-order chi connectivity index (χ0) is 28.6. The van der Waals surface area contributed by atoms with Crippen molar-refractivity contribution in [2.24, 2.45) is 0 Å². The van der Waals surface area contributed by atoms with E-state index in [2.05, 4.69) is 50.0 Å². The topological polar surface area (TPSA) is 49.7 Å². The number of carbonyl (C=O) groups is 1. The van der Waals surface area contributed by atoms with E-state index in [-0.39, 0.29) is 5.91 Å². The van der Waals surface area contributed by atoms with Crippen LogP contribution < -0.4 is 10.1 Å². The summed E-state index contributed by atoms with van der Waals surface area (Å²) >= 11 is 12.2. The van der Waals surface area contributed by atoms with Crippen molar-refractivity contribution in [2.45, 2.75) is 32.4 Å². The summed E-state index contributed by atoms with van der Waals surface area (Å²) < 4.78 is 7.87. The number of aryl methyl sites for hydroxylation is 1. The number of para-hydroxylation sites is 1. The zero-order valence-electron chi connectivity index (χ0n) is 23.6. The van der Waals surface area contributed by atoms with Gasteiger partial charge in [-0.25, -0.2) is 0 Å². The van der Waals surface area contributed by atoms with Crippen LogP contribution in [0.25, 0.3) is 10.9 Å². The second-order valence-electron chi connectivity index (χ2n) is 10.6. The molecule has 1 saturated heterocycles. The molecule has 0 unspecified atom stereocenters. The fraction of sp³-hybridized carbons (Fsp3) is 0.364. The third kappa shape index (κ3) is 7.63.